The lowest BCUT2D eigenvalue weighted by Gasteiger charge is -2.47. The third-order valence-electron chi connectivity index (χ3n) is 7.69. The standard InChI is InChI=1S/C21H32N2OS/c1-20(2)18(21(20,3)4)19(24)23-9-5-6-16-13-22(10-7-17(16)23)12-15-8-11-25-14-15/h8,11,14,16-18H,5-7,9-10,12-13H2,1-4H3/t16-,17-/m1/s1. The second-order valence-corrected chi connectivity index (χ2v) is 10.3. The predicted molar refractivity (Wildman–Crippen MR) is 103 cm³/mol. The Morgan fingerprint density at radius 1 is 1.20 bits per heavy atom. The predicted octanol–water partition coefficient (Wildman–Crippen LogP) is 4.24. The van der Waals surface area contributed by atoms with Crippen LogP contribution in [-0.2, 0) is 11.3 Å². The highest BCUT2D eigenvalue weighted by atomic mass is 32.1. The molecular weight excluding hydrogens is 328 g/mol. The van der Waals surface area contributed by atoms with Crippen LogP contribution in [0.25, 0.3) is 0 Å². The number of fused-ring (bicyclic) bond motifs is 1. The molecule has 3 nitrogen and oxygen atoms in total. The van der Waals surface area contributed by atoms with E-state index in [0.717, 1.165) is 32.6 Å². The van der Waals surface area contributed by atoms with Crippen LogP contribution >= 0.6 is 11.3 Å². The molecule has 0 radical (unpaired) electrons. The molecule has 2 saturated heterocycles. The summed E-state index contributed by atoms with van der Waals surface area (Å²) in [5, 5.41) is 4.43. The Morgan fingerprint density at radius 2 is 1.96 bits per heavy atom. The van der Waals surface area contributed by atoms with E-state index < -0.39 is 0 Å². The summed E-state index contributed by atoms with van der Waals surface area (Å²) in [4.78, 5) is 18.2. The molecule has 1 aromatic heterocycles. The van der Waals surface area contributed by atoms with Crippen molar-refractivity contribution in [1.29, 1.82) is 0 Å². The molecule has 1 aromatic rings. The minimum atomic E-state index is 0.149. The van der Waals surface area contributed by atoms with E-state index >= 15 is 0 Å². The largest absolute Gasteiger partial charge is 0.339 e. The van der Waals surface area contributed by atoms with Gasteiger partial charge >= 0.3 is 0 Å². The highest BCUT2D eigenvalue weighted by Gasteiger charge is 2.69. The molecule has 0 bridgehead atoms. The number of hydrogen-bond acceptors (Lipinski definition) is 3. The third-order valence-corrected chi connectivity index (χ3v) is 8.42. The first kappa shape index (κ1) is 17.5. The van der Waals surface area contributed by atoms with Gasteiger partial charge in [0.1, 0.15) is 0 Å². The van der Waals surface area contributed by atoms with Crippen LogP contribution in [0.3, 0.4) is 0 Å². The molecule has 1 saturated carbocycles. The molecule has 1 aliphatic carbocycles. The molecule has 138 valence electrons. The number of rotatable bonds is 3. The lowest BCUT2D eigenvalue weighted by molar-refractivity contribution is -0.141. The minimum absolute atomic E-state index is 0.149. The van der Waals surface area contributed by atoms with E-state index in [1.807, 2.05) is 0 Å². The van der Waals surface area contributed by atoms with Gasteiger partial charge in [-0.05, 0) is 58.4 Å². The van der Waals surface area contributed by atoms with Crippen LogP contribution in [0.2, 0.25) is 0 Å². The molecule has 0 spiro atoms. The highest BCUT2D eigenvalue weighted by Crippen LogP contribution is 2.69. The van der Waals surface area contributed by atoms with Gasteiger partial charge in [0.15, 0.2) is 0 Å². The fourth-order valence-electron chi connectivity index (χ4n) is 5.52. The molecular formula is C21H32N2OS. The number of carbonyl (C=O) groups is 1. The Balaban J connectivity index is 1.43. The lowest BCUT2D eigenvalue weighted by atomic mass is 9.83. The van der Waals surface area contributed by atoms with Crippen molar-refractivity contribution in [3.8, 4) is 0 Å². The average molecular weight is 361 g/mol. The fraction of sp³-hybridized carbons (Fsp3) is 0.762. The molecule has 3 fully saturated rings. The van der Waals surface area contributed by atoms with E-state index in [4.69, 9.17) is 0 Å². The number of hydrogen-bond donors (Lipinski definition) is 0. The maximum absolute atomic E-state index is 13.3. The van der Waals surface area contributed by atoms with Crippen molar-refractivity contribution in [3.63, 3.8) is 0 Å². The van der Waals surface area contributed by atoms with E-state index in [9.17, 15) is 4.79 Å². The van der Waals surface area contributed by atoms with Gasteiger partial charge in [0.25, 0.3) is 0 Å². The number of amides is 1. The zero-order valence-corrected chi connectivity index (χ0v) is 16.9. The van der Waals surface area contributed by atoms with E-state index in [1.54, 1.807) is 11.3 Å². The summed E-state index contributed by atoms with van der Waals surface area (Å²) in [6.45, 7) is 13.4. The van der Waals surface area contributed by atoms with Crippen molar-refractivity contribution < 1.29 is 4.79 Å². The van der Waals surface area contributed by atoms with Crippen molar-refractivity contribution in [3.05, 3.63) is 22.4 Å². The SMILES string of the molecule is CC1(C)C(C(=O)N2CCC[C@@H]3CN(Cc4ccsc4)CC[C@H]32)C1(C)C. The molecule has 0 N–H and O–H groups in total. The first-order chi connectivity index (χ1) is 11.8. The summed E-state index contributed by atoms with van der Waals surface area (Å²) in [6.07, 6.45) is 3.60. The van der Waals surface area contributed by atoms with Crippen molar-refractivity contribution in [1.82, 2.24) is 9.80 Å². The van der Waals surface area contributed by atoms with Gasteiger partial charge in [0.2, 0.25) is 5.91 Å². The number of likely N-dealkylation sites (tertiary alicyclic amines) is 2. The lowest BCUT2D eigenvalue weighted by Crippen LogP contribution is -2.56. The van der Waals surface area contributed by atoms with Crippen molar-refractivity contribution in [2.45, 2.75) is 59.5 Å². The Labute approximate surface area is 156 Å². The van der Waals surface area contributed by atoms with Gasteiger partial charge in [0.05, 0.1) is 0 Å². The summed E-state index contributed by atoms with van der Waals surface area (Å²) in [5.74, 6) is 1.31. The van der Waals surface area contributed by atoms with Crippen LogP contribution < -0.4 is 0 Å². The number of thiophene rings is 1. The second kappa shape index (κ2) is 6.09. The maximum Gasteiger partial charge on any atom is 0.227 e. The molecule has 2 atom stereocenters. The fourth-order valence-corrected chi connectivity index (χ4v) is 6.18. The van der Waals surface area contributed by atoms with Gasteiger partial charge in [-0.3, -0.25) is 9.69 Å². The number of nitrogens with zero attached hydrogens (tertiary/aromatic N) is 2. The molecule has 2 aliphatic heterocycles. The number of carbonyl (C=O) groups excluding carboxylic acids is 1. The Bertz CT molecular complexity index is 622. The Kier molecular flexibility index (Phi) is 4.27. The molecule has 4 heteroatoms. The van der Waals surface area contributed by atoms with E-state index in [2.05, 4.69) is 54.3 Å². The van der Waals surface area contributed by atoms with E-state index in [0.29, 0.717) is 17.9 Å². The summed E-state index contributed by atoms with van der Waals surface area (Å²) in [7, 11) is 0. The normalized spacial score (nSPS) is 31.6. The smallest absolute Gasteiger partial charge is 0.227 e. The van der Waals surface area contributed by atoms with Crippen molar-refractivity contribution in [2.75, 3.05) is 19.6 Å². The average Bonchev–Trinajstić information content (AvgIpc) is 2.92. The highest BCUT2D eigenvalue weighted by molar-refractivity contribution is 7.07. The first-order valence-corrected chi connectivity index (χ1v) is 10.8. The second-order valence-electron chi connectivity index (χ2n) is 9.53. The molecule has 0 unspecified atom stereocenters. The third kappa shape index (κ3) is 2.86. The molecule has 3 heterocycles. The molecule has 3 aliphatic rings. The maximum atomic E-state index is 13.3. The van der Waals surface area contributed by atoms with Crippen molar-refractivity contribution in [2.24, 2.45) is 22.7 Å². The van der Waals surface area contributed by atoms with Crippen LogP contribution in [0.15, 0.2) is 16.8 Å². The zero-order valence-electron chi connectivity index (χ0n) is 16.1. The van der Waals surface area contributed by atoms with Gasteiger partial charge < -0.3 is 4.90 Å². The summed E-state index contributed by atoms with van der Waals surface area (Å²) in [5.41, 5.74) is 1.74. The topological polar surface area (TPSA) is 23.6 Å². The van der Waals surface area contributed by atoms with Gasteiger partial charge in [0, 0.05) is 38.1 Å². The zero-order chi connectivity index (χ0) is 17.8. The van der Waals surface area contributed by atoms with Crippen LogP contribution in [-0.4, -0.2) is 41.4 Å². The van der Waals surface area contributed by atoms with Crippen LogP contribution in [0.5, 0.6) is 0 Å². The Hall–Kier alpha value is -0.870. The minimum Gasteiger partial charge on any atom is -0.339 e. The first-order valence-electron chi connectivity index (χ1n) is 9.86. The van der Waals surface area contributed by atoms with Crippen LogP contribution in [0, 0.1) is 22.7 Å². The van der Waals surface area contributed by atoms with E-state index in [1.165, 1.54) is 18.4 Å². The van der Waals surface area contributed by atoms with Gasteiger partial charge in [-0.15, -0.1) is 0 Å². The van der Waals surface area contributed by atoms with Crippen LogP contribution in [0.4, 0.5) is 0 Å². The Morgan fingerprint density at radius 3 is 2.60 bits per heavy atom. The summed E-state index contributed by atoms with van der Waals surface area (Å²) >= 11 is 1.79. The van der Waals surface area contributed by atoms with E-state index in [-0.39, 0.29) is 16.7 Å². The van der Waals surface area contributed by atoms with Gasteiger partial charge in [-0.1, -0.05) is 27.7 Å². The molecule has 1 amide bonds. The van der Waals surface area contributed by atoms with Gasteiger partial charge in [-0.2, -0.15) is 11.3 Å². The molecule has 25 heavy (non-hydrogen) atoms. The van der Waals surface area contributed by atoms with Crippen LogP contribution in [0.1, 0.15) is 52.5 Å². The molecule has 0 aromatic carbocycles. The monoisotopic (exact) mass is 360 g/mol. The van der Waals surface area contributed by atoms with Gasteiger partial charge in [-0.25, -0.2) is 0 Å². The molecule has 4 rings (SSSR count). The summed E-state index contributed by atoms with van der Waals surface area (Å²) in [6, 6.07) is 2.72. The summed E-state index contributed by atoms with van der Waals surface area (Å²) < 4.78 is 0. The number of piperidine rings is 2. The quantitative estimate of drug-likeness (QED) is 0.805. The van der Waals surface area contributed by atoms with Crippen molar-refractivity contribution >= 4 is 17.2 Å².